The summed E-state index contributed by atoms with van der Waals surface area (Å²) >= 11 is 0. The van der Waals surface area contributed by atoms with Crippen LogP contribution < -0.4 is 20.9 Å². The van der Waals surface area contributed by atoms with Gasteiger partial charge in [0.15, 0.2) is 0 Å². The number of nitrogens with two attached hydrogens (primary N) is 2. The fourth-order valence-corrected chi connectivity index (χ4v) is 3.87. The lowest BCUT2D eigenvalue weighted by Gasteiger charge is -2.12. The molecule has 4 rings (SSSR count). The molecule has 1 aliphatic rings. The highest BCUT2D eigenvalue weighted by molar-refractivity contribution is 6.08. The van der Waals surface area contributed by atoms with Crippen LogP contribution in [-0.2, 0) is 14.4 Å². The number of oxime groups is 1. The van der Waals surface area contributed by atoms with E-state index >= 15 is 0 Å². The van der Waals surface area contributed by atoms with Gasteiger partial charge in [0.25, 0.3) is 0 Å². The van der Waals surface area contributed by atoms with Crippen molar-refractivity contribution in [3.63, 3.8) is 0 Å². The summed E-state index contributed by atoms with van der Waals surface area (Å²) in [4.78, 5) is 32.6. The van der Waals surface area contributed by atoms with Gasteiger partial charge in [-0.05, 0) is 36.2 Å². The maximum Gasteiger partial charge on any atom is 0.233 e. The van der Waals surface area contributed by atoms with Gasteiger partial charge in [0, 0.05) is 29.1 Å². The van der Waals surface area contributed by atoms with Crippen LogP contribution in [0.5, 0.6) is 17.2 Å². The number of fused-ring (bicyclic) bond motifs is 1. The minimum absolute atomic E-state index is 0.316. The zero-order valence-electron chi connectivity index (χ0n) is 17.6. The number of carbonyl (C=O) groups excluding carboxylic acids is 2. The van der Waals surface area contributed by atoms with Crippen molar-refractivity contribution in [2.24, 2.45) is 22.0 Å². The fraction of sp³-hybridized carbons (Fsp3) is 0.217. The predicted octanol–water partition coefficient (Wildman–Crippen LogP) is 2.46. The Morgan fingerprint density at radius 2 is 1.81 bits per heavy atom. The Balaban J connectivity index is 1.62. The van der Waals surface area contributed by atoms with Crippen molar-refractivity contribution < 1.29 is 23.9 Å². The van der Waals surface area contributed by atoms with E-state index in [0.717, 1.165) is 10.9 Å². The Morgan fingerprint density at radius 1 is 1.09 bits per heavy atom. The van der Waals surface area contributed by atoms with Crippen LogP contribution in [0.2, 0.25) is 0 Å². The Labute approximate surface area is 183 Å². The summed E-state index contributed by atoms with van der Waals surface area (Å²) in [6.45, 7) is 0. The van der Waals surface area contributed by atoms with Crippen molar-refractivity contribution in [1.82, 2.24) is 4.98 Å². The molecule has 1 atom stereocenters. The number of hydrogen-bond donors (Lipinski definition) is 2. The number of amides is 2. The minimum atomic E-state index is -1.30. The van der Waals surface area contributed by atoms with E-state index in [-0.39, 0.29) is 5.92 Å². The second-order valence-corrected chi connectivity index (χ2v) is 7.47. The molecule has 1 unspecified atom stereocenters. The lowest BCUT2D eigenvalue weighted by molar-refractivity contribution is -0.133. The molecule has 9 heteroatoms. The Morgan fingerprint density at radius 3 is 2.41 bits per heavy atom. The number of rotatable bonds is 8. The largest absolute Gasteiger partial charge is 0.496 e. The lowest BCUT2D eigenvalue weighted by atomic mass is 9.97. The highest BCUT2D eigenvalue weighted by atomic mass is 16.6. The number of methoxy groups -OCH3 is 1. The molecule has 3 aromatic rings. The lowest BCUT2D eigenvalue weighted by Crippen LogP contribution is -2.38. The third kappa shape index (κ3) is 3.58. The van der Waals surface area contributed by atoms with E-state index in [4.69, 9.17) is 25.8 Å². The second kappa shape index (κ2) is 8.18. The van der Waals surface area contributed by atoms with Crippen LogP contribution in [-0.4, -0.2) is 37.2 Å². The Bertz CT molecular complexity index is 1210. The van der Waals surface area contributed by atoms with Crippen molar-refractivity contribution in [2.45, 2.75) is 12.3 Å². The van der Waals surface area contributed by atoms with E-state index in [1.54, 1.807) is 55.9 Å². The average molecular weight is 434 g/mol. The molecule has 1 aromatic heterocycles. The molecule has 164 valence electrons. The molecule has 4 N–H and O–H groups in total. The highest BCUT2D eigenvalue weighted by Gasteiger charge is 2.64. The molecule has 0 radical (unpaired) electrons. The first kappa shape index (κ1) is 21.1. The van der Waals surface area contributed by atoms with Gasteiger partial charge in [-0.25, -0.2) is 0 Å². The van der Waals surface area contributed by atoms with Gasteiger partial charge in [0.1, 0.15) is 29.8 Å². The summed E-state index contributed by atoms with van der Waals surface area (Å²) in [5.41, 5.74) is 11.7. The number of ether oxygens (including phenoxy) is 2. The van der Waals surface area contributed by atoms with Gasteiger partial charge >= 0.3 is 0 Å². The number of aromatic nitrogens is 1. The van der Waals surface area contributed by atoms with Crippen LogP contribution in [0.4, 0.5) is 0 Å². The topological polar surface area (TPSA) is 139 Å². The third-order valence-corrected chi connectivity index (χ3v) is 5.70. The summed E-state index contributed by atoms with van der Waals surface area (Å²) in [6.07, 6.45) is 3.51. The predicted molar refractivity (Wildman–Crippen MR) is 118 cm³/mol. The molecule has 2 amide bonds. The summed E-state index contributed by atoms with van der Waals surface area (Å²) < 4.78 is 11.5. The summed E-state index contributed by atoms with van der Waals surface area (Å²) in [7, 11) is 3.03. The van der Waals surface area contributed by atoms with Gasteiger partial charge in [-0.3, -0.25) is 14.6 Å². The van der Waals surface area contributed by atoms with Crippen LogP contribution in [0.1, 0.15) is 23.5 Å². The highest BCUT2D eigenvalue weighted by Crippen LogP contribution is 2.59. The first-order chi connectivity index (χ1) is 15.4. The third-order valence-electron chi connectivity index (χ3n) is 5.70. The molecule has 32 heavy (non-hydrogen) atoms. The molecular formula is C23H22N4O5. The van der Waals surface area contributed by atoms with Crippen LogP contribution in [0, 0.1) is 5.41 Å². The first-order valence-electron chi connectivity index (χ1n) is 9.81. The van der Waals surface area contributed by atoms with Crippen molar-refractivity contribution in [1.29, 1.82) is 0 Å². The molecule has 1 heterocycles. The number of benzene rings is 2. The normalized spacial score (nSPS) is 16.6. The molecule has 0 bridgehead atoms. The maximum atomic E-state index is 11.7. The van der Waals surface area contributed by atoms with Gasteiger partial charge in [-0.1, -0.05) is 17.3 Å². The van der Waals surface area contributed by atoms with Gasteiger partial charge in [-0.15, -0.1) is 0 Å². The van der Waals surface area contributed by atoms with E-state index in [1.807, 2.05) is 6.07 Å². The molecule has 0 spiro atoms. The van der Waals surface area contributed by atoms with Gasteiger partial charge in [0.2, 0.25) is 11.8 Å². The van der Waals surface area contributed by atoms with Crippen molar-refractivity contribution in [2.75, 3.05) is 14.2 Å². The average Bonchev–Trinajstić information content (AvgIpc) is 3.55. The van der Waals surface area contributed by atoms with Crippen LogP contribution in [0.3, 0.4) is 0 Å². The monoisotopic (exact) mass is 434 g/mol. The van der Waals surface area contributed by atoms with Gasteiger partial charge in [-0.2, -0.15) is 0 Å². The smallest absolute Gasteiger partial charge is 0.233 e. The molecular weight excluding hydrogens is 412 g/mol. The quantitative estimate of drug-likeness (QED) is 0.317. The zero-order chi connectivity index (χ0) is 22.9. The first-order valence-corrected chi connectivity index (χ1v) is 9.81. The van der Waals surface area contributed by atoms with E-state index in [2.05, 4.69) is 10.1 Å². The molecule has 1 fully saturated rings. The molecule has 2 aromatic carbocycles. The van der Waals surface area contributed by atoms with E-state index in [1.165, 1.54) is 7.11 Å². The standard InChI is InChI=1S/C23H22N4O5/c1-30-20-10-18-16(9-14(20)12-27-31-2)19(7-8-26-18)32-15-5-3-13(4-6-15)17-11-23(17,21(24)28)22(25)29/h3-10,12,17H,11H2,1-2H3,(H2,24,28)(H2,25,29)/b27-12+. The summed E-state index contributed by atoms with van der Waals surface area (Å²) in [6, 6.07) is 12.5. The zero-order valence-corrected chi connectivity index (χ0v) is 17.6. The van der Waals surface area contributed by atoms with Gasteiger partial charge < -0.3 is 25.8 Å². The summed E-state index contributed by atoms with van der Waals surface area (Å²) in [5, 5.41) is 4.57. The van der Waals surface area contributed by atoms with Crippen molar-refractivity contribution >= 4 is 28.9 Å². The molecule has 1 saturated carbocycles. The summed E-state index contributed by atoms with van der Waals surface area (Å²) in [5.74, 6) is 0.0669. The minimum Gasteiger partial charge on any atom is -0.496 e. The number of nitrogens with zero attached hydrogens (tertiary/aromatic N) is 2. The van der Waals surface area contributed by atoms with Crippen molar-refractivity contribution in [3.8, 4) is 17.2 Å². The molecule has 9 nitrogen and oxygen atoms in total. The van der Waals surface area contributed by atoms with E-state index in [0.29, 0.717) is 34.7 Å². The molecule has 1 aliphatic carbocycles. The second-order valence-electron chi connectivity index (χ2n) is 7.47. The number of carbonyl (C=O) groups is 2. The van der Waals surface area contributed by atoms with Crippen LogP contribution >= 0.6 is 0 Å². The number of primary amides is 2. The maximum absolute atomic E-state index is 11.7. The molecule has 0 aliphatic heterocycles. The fourth-order valence-electron chi connectivity index (χ4n) is 3.87. The number of hydrogen-bond acceptors (Lipinski definition) is 7. The van der Waals surface area contributed by atoms with Crippen LogP contribution in [0.15, 0.2) is 53.8 Å². The SMILES string of the molecule is CO/N=C/c1cc2c(Oc3ccc(C4CC4(C(N)=O)C(N)=O)cc3)ccnc2cc1OC. The van der Waals surface area contributed by atoms with E-state index in [9.17, 15) is 9.59 Å². The van der Waals surface area contributed by atoms with E-state index < -0.39 is 17.2 Å². The number of pyridine rings is 1. The van der Waals surface area contributed by atoms with Crippen molar-refractivity contribution in [3.05, 3.63) is 59.8 Å². The van der Waals surface area contributed by atoms with Crippen LogP contribution in [0.25, 0.3) is 10.9 Å². The Kier molecular flexibility index (Phi) is 5.40. The Hall–Kier alpha value is -4.14. The molecule has 0 saturated heterocycles. The van der Waals surface area contributed by atoms with Gasteiger partial charge in [0.05, 0.1) is 18.8 Å².